The van der Waals surface area contributed by atoms with Crippen LogP contribution in [0.2, 0.25) is 0 Å². The molecule has 0 bridgehead atoms. The molecule has 8 nitrogen and oxygen atoms in total. The zero-order chi connectivity index (χ0) is 15.3. The predicted molar refractivity (Wildman–Crippen MR) is 67.6 cm³/mol. The zero-order valence-electron chi connectivity index (χ0n) is 11.6. The molecule has 8 heteroatoms. The van der Waals surface area contributed by atoms with Crippen LogP contribution in [0.15, 0.2) is 0 Å². The first-order valence-corrected chi connectivity index (χ1v) is 5.72. The predicted octanol–water partition coefficient (Wildman–Crippen LogP) is 0.270. The van der Waals surface area contributed by atoms with E-state index in [1.54, 1.807) is 13.8 Å². The quantitative estimate of drug-likeness (QED) is 0.517. The molecule has 0 aliphatic heterocycles. The molecular formula is C11H21N3O5. The van der Waals surface area contributed by atoms with Gasteiger partial charge in [-0.3, -0.25) is 4.79 Å². The normalized spacial score (nSPS) is 11.6. The Morgan fingerprint density at radius 3 is 2.16 bits per heavy atom. The number of hydrogen-bond donors (Lipinski definition) is 4. The van der Waals surface area contributed by atoms with Crippen molar-refractivity contribution < 1.29 is 24.2 Å². The van der Waals surface area contributed by atoms with Gasteiger partial charge in [0, 0.05) is 0 Å². The Hall–Kier alpha value is -1.99. The molecule has 0 saturated heterocycles. The lowest BCUT2D eigenvalue weighted by Crippen LogP contribution is -2.59. The van der Waals surface area contributed by atoms with E-state index in [1.165, 1.54) is 13.8 Å². The number of urea groups is 1. The van der Waals surface area contributed by atoms with Gasteiger partial charge in [-0.2, -0.15) is 0 Å². The number of carboxylic acids is 1. The minimum atomic E-state index is -1.14. The van der Waals surface area contributed by atoms with Crippen LogP contribution in [0, 0.1) is 5.41 Å². The summed E-state index contributed by atoms with van der Waals surface area (Å²) in [6.07, 6.45) is -0.922. The summed E-state index contributed by atoms with van der Waals surface area (Å²) in [5, 5.41) is 14.1. The van der Waals surface area contributed by atoms with E-state index in [1.807, 2.05) is 0 Å². The molecule has 0 fully saturated rings. The highest BCUT2D eigenvalue weighted by atomic mass is 16.5. The molecule has 0 rings (SSSR count). The smallest absolute Gasteiger partial charge is 0.404 e. The summed E-state index contributed by atoms with van der Waals surface area (Å²) >= 11 is 0. The fraction of sp³-hybridized carbons (Fsp3) is 0.727. The van der Waals surface area contributed by atoms with Gasteiger partial charge in [0.05, 0.1) is 17.5 Å². The number of nitrogens with one attached hydrogen (secondary N) is 2. The van der Waals surface area contributed by atoms with Crippen molar-refractivity contribution in [1.29, 1.82) is 0 Å². The topological polar surface area (TPSA) is 131 Å². The van der Waals surface area contributed by atoms with Gasteiger partial charge in [0.2, 0.25) is 0 Å². The molecule has 19 heavy (non-hydrogen) atoms. The molecule has 0 aliphatic carbocycles. The number of amides is 3. The molecule has 0 radical (unpaired) electrons. The summed E-state index contributed by atoms with van der Waals surface area (Å²) in [6.45, 7) is 6.29. The van der Waals surface area contributed by atoms with Gasteiger partial charge in [-0.15, -0.1) is 0 Å². The number of aliphatic carboxylic acids is 1. The minimum Gasteiger partial charge on any atom is -0.481 e. The highest BCUT2D eigenvalue weighted by molar-refractivity contribution is 5.79. The first-order chi connectivity index (χ1) is 8.50. The molecule has 0 aromatic heterocycles. The monoisotopic (exact) mass is 275 g/mol. The molecule has 5 N–H and O–H groups in total. The van der Waals surface area contributed by atoms with E-state index in [0.29, 0.717) is 0 Å². The van der Waals surface area contributed by atoms with Gasteiger partial charge >= 0.3 is 18.1 Å². The van der Waals surface area contributed by atoms with E-state index in [2.05, 4.69) is 15.4 Å². The van der Waals surface area contributed by atoms with E-state index in [0.717, 1.165) is 0 Å². The molecular weight excluding hydrogens is 254 g/mol. The maximum absolute atomic E-state index is 11.6. The number of nitrogens with two attached hydrogens (primary N) is 1. The summed E-state index contributed by atoms with van der Waals surface area (Å²) in [5.41, 5.74) is 2.64. The minimum absolute atomic E-state index is 0.0501. The van der Waals surface area contributed by atoms with Gasteiger partial charge in [0.15, 0.2) is 0 Å². The van der Waals surface area contributed by atoms with Crippen molar-refractivity contribution in [3.05, 3.63) is 0 Å². The van der Waals surface area contributed by atoms with Crippen LogP contribution in [-0.2, 0) is 9.53 Å². The maximum atomic E-state index is 11.6. The number of ether oxygens (including phenoxy) is 1. The number of primary amides is 1. The van der Waals surface area contributed by atoms with E-state index in [4.69, 9.17) is 10.8 Å². The third kappa shape index (κ3) is 5.02. The van der Waals surface area contributed by atoms with Crippen LogP contribution in [0.3, 0.4) is 0 Å². The molecule has 0 spiro atoms. The van der Waals surface area contributed by atoms with Gasteiger partial charge in [-0.1, -0.05) is 0 Å². The average Bonchev–Trinajstić information content (AvgIpc) is 2.23. The van der Waals surface area contributed by atoms with E-state index < -0.39 is 29.0 Å². The van der Waals surface area contributed by atoms with Crippen LogP contribution in [0.25, 0.3) is 0 Å². The second kappa shape index (κ2) is 6.26. The van der Waals surface area contributed by atoms with Crippen LogP contribution >= 0.6 is 0 Å². The highest BCUT2D eigenvalue weighted by Gasteiger charge is 2.44. The summed E-state index contributed by atoms with van der Waals surface area (Å²) < 4.78 is 4.43. The zero-order valence-corrected chi connectivity index (χ0v) is 11.6. The van der Waals surface area contributed by atoms with Crippen molar-refractivity contribution in [2.45, 2.75) is 33.2 Å². The SMILES string of the molecule is CC(C)(NC(=O)NCCOC(N)=O)C(C)(C)C(=O)O. The fourth-order valence-electron chi connectivity index (χ4n) is 1.07. The molecule has 0 unspecified atom stereocenters. The van der Waals surface area contributed by atoms with Crippen LogP contribution in [0.5, 0.6) is 0 Å². The van der Waals surface area contributed by atoms with Gasteiger partial charge in [-0.25, -0.2) is 9.59 Å². The Balaban J connectivity index is 4.32. The lowest BCUT2D eigenvalue weighted by molar-refractivity contribution is -0.150. The van der Waals surface area contributed by atoms with Crippen molar-refractivity contribution in [1.82, 2.24) is 10.6 Å². The Morgan fingerprint density at radius 2 is 1.74 bits per heavy atom. The van der Waals surface area contributed by atoms with E-state index in [9.17, 15) is 14.4 Å². The molecule has 0 atom stereocenters. The fourth-order valence-corrected chi connectivity index (χ4v) is 1.07. The van der Waals surface area contributed by atoms with Gasteiger partial charge in [-0.05, 0) is 27.7 Å². The molecule has 0 aromatic rings. The molecule has 0 saturated carbocycles. The lowest BCUT2D eigenvalue weighted by Gasteiger charge is -2.38. The van der Waals surface area contributed by atoms with Crippen LogP contribution in [0.4, 0.5) is 9.59 Å². The number of carbonyl (C=O) groups excluding carboxylic acids is 2. The Labute approximate surface area is 111 Å². The lowest BCUT2D eigenvalue weighted by atomic mass is 9.74. The first kappa shape index (κ1) is 17.0. The van der Waals surface area contributed by atoms with E-state index >= 15 is 0 Å². The standard InChI is InChI=1S/C11H21N3O5/c1-10(2,7(15)16)11(3,4)14-9(18)13-5-6-19-8(12)17/h5-6H2,1-4H3,(H2,12,17)(H,15,16)(H2,13,14,18). The summed E-state index contributed by atoms with van der Waals surface area (Å²) in [5.74, 6) is -1.02. The van der Waals surface area contributed by atoms with Crippen LogP contribution < -0.4 is 16.4 Å². The first-order valence-electron chi connectivity index (χ1n) is 5.72. The van der Waals surface area contributed by atoms with Gasteiger partial charge in [0.1, 0.15) is 6.61 Å². The average molecular weight is 275 g/mol. The number of carbonyl (C=O) groups is 3. The number of rotatable bonds is 6. The van der Waals surface area contributed by atoms with Crippen molar-refractivity contribution in [2.75, 3.05) is 13.2 Å². The van der Waals surface area contributed by atoms with Crippen molar-refractivity contribution in [3.63, 3.8) is 0 Å². The van der Waals surface area contributed by atoms with Crippen molar-refractivity contribution >= 4 is 18.1 Å². The molecule has 0 heterocycles. The molecule has 110 valence electrons. The van der Waals surface area contributed by atoms with Crippen LogP contribution in [-0.4, -0.2) is 41.9 Å². The summed E-state index contributed by atoms with van der Waals surface area (Å²) in [4.78, 5) is 33.0. The second-order valence-electron chi connectivity index (χ2n) is 5.10. The molecule has 0 aromatic carbocycles. The largest absolute Gasteiger partial charge is 0.481 e. The highest BCUT2D eigenvalue weighted by Crippen LogP contribution is 2.30. The Bertz CT molecular complexity index is 365. The second-order valence-corrected chi connectivity index (χ2v) is 5.10. The van der Waals surface area contributed by atoms with E-state index in [-0.39, 0.29) is 13.2 Å². The molecule has 3 amide bonds. The Kier molecular flexibility index (Phi) is 5.60. The van der Waals surface area contributed by atoms with Gasteiger partial charge < -0.3 is 26.2 Å². The number of carboxylic acid groups (broad SMARTS) is 1. The Morgan fingerprint density at radius 1 is 1.21 bits per heavy atom. The summed E-state index contributed by atoms with van der Waals surface area (Å²) in [6, 6.07) is -0.549. The van der Waals surface area contributed by atoms with Crippen molar-refractivity contribution in [2.24, 2.45) is 11.1 Å². The maximum Gasteiger partial charge on any atom is 0.404 e. The third-order valence-electron chi connectivity index (χ3n) is 3.16. The molecule has 0 aliphatic rings. The summed E-state index contributed by atoms with van der Waals surface area (Å²) in [7, 11) is 0. The van der Waals surface area contributed by atoms with Crippen molar-refractivity contribution in [3.8, 4) is 0 Å². The number of hydrogen-bond acceptors (Lipinski definition) is 4. The third-order valence-corrected chi connectivity index (χ3v) is 3.16. The van der Waals surface area contributed by atoms with Gasteiger partial charge in [0.25, 0.3) is 0 Å². The van der Waals surface area contributed by atoms with Crippen LogP contribution in [0.1, 0.15) is 27.7 Å².